The number of nitrogens with zero attached hydrogens (tertiary/aromatic N) is 3. The van der Waals surface area contributed by atoms with Gasteiger partial charge in [-0.15, -0.1) is 0 Å². The topological polar surface area (TPSA) is 93.2 Å². The molecule has 0 unspecified atom stereocenters. The van der Waals surface area contributed by atoms with Crippen LogP contribution in [0.1, 0.15) is 11.1 Å². The summed E-state index contributed by atoms with van der Waals surface area (Å²) >= 11 is 0. The second kappa shape index (κ2) is 6.87. The number of nitro groups is 1. The highest BCUT2D eigenvalue weighted by atomic mass is 19.4. The molecular weight excluding hydrogens is 329 g/mol. The zero-order valence-electron chi connectivity index (χ0n) is 12.6. The highest BCUT2D eigenvalue weighted by Gasteiger charge is 2.33. The first-order chi connectivity index (χ1) is 11.2. The Morgan fingerprint density at radius 3 is 2.67 bits per heavy atom. The third kappa shape index (κ3) is 4.22. The van der Waals surface area contributed by atoms with Crippen LogP contribution in [0.5, 0.6) is 0 Å². The number of aliphatic hydroxyl groups excluding tert-OH is 1. The molecule has 7 nitrogen and oxygen atoms in total. The van der Waals surface area contributed by atoms with E-state index < -0.39 is 28.4 Å². The van der Waals surface area contributed by atoms with Crippen LogP contribution in [-0.2, 0) is 19.6 Å². The fourth-order valence-corrected chi connectivity index (χ4v) is 2.22. The van der Waals surface area contributed by atoms with Gasteiger partial charge in [-0.05, 0) is 24.1 Å². The Hall–Kier alpha value is -2.62. The number of benzene rings is 1. The number of hydrogen-bond donors (Lipinski definition) is 2. The number of aryl methyl sites for hydroxylation is 1. The Bertz CT molecular complexity index is 730. The first-order valence-corrected chi connectivity index (χ1v) is 6.91. The largest absolute Gasteiger partial charge is 0.416 e. The van der Waals surface area contributed by atoms with Crippen molar-refractivity contribution in [2.45, 2.75) is 18.6 Å². The first kappa shape index (κ1) is 17.7. The summed E-state index contributed by atoms with van der Waals surface area (Å²) in [7, 11) is 1.71. The van der Waals surface area contributed by atoms with Crippen LogP contribution in [0.15, 0.2) is 30.6 Å². The van der Waals surface area contributed by atoms with Crippen molar-refractivity contribution in [1.82, 2.24) is 9.78 Å². The number of alkyl halides is 3. The van der Waals surface area contributed by atoms with Crippen molar-refractivity contribution in [3.63, 3.8) is 0 Å². The summed E-state index contributed by atoms with van der Waals surface area (Å²) in [6.07, 6.45) is -1.07. The SMILES string of the molecule is Cn1cc(C[C@H](CO)Nc2ccc(C(F)(F)F)cc2[N+](=O)[O-])cn1. The molecule has 1 aromatic heterocycles. The number of anilines is 1. The molecule has 10 heteroatoms. The number of rotatable bonds is 6. The molecule has 0 spiro atoms. The lowest BCUT2D eigenvalue weighted by Gasteiger charge is -2.17. The molecular formula is C14H15F3N4O3. The molecule has 24 heavy (non-hydrogen) atoms. The summed E-state index contributed by atoms with van der Waals surface area (Å²) < 4.78 is 39.6. The van der Waals surface area contributed by atoms with Crippen LogP contribution in [0.4, 0.5) is 24.5 Å². The van der Waals surface area contributed by atoms with E-state index in [1.165, 1.54) is 0 Å². The lowest BCUT2D eigenvalue weighted by atomic mass is 10.1. The molecule has 2 N–H and O–H groups in total. The maximum absolute atomic E-state index is 12.7. The molecule has 0 saturated heterocycles. The van der Waals surface area contributed by atoms with Gasteiger partial charge < -0.3 is 10.4 Å². The Morgan fingerprint density at radius 2 is 2.17 bits per heavy atom. The van der Waals surface area contributed by atoms with Gasteiger partial charge in [-0.2, -0.15) is 18.3 Å². The van der Waals surface area contributed by atoms with Crippen LogP contribution < -0.4 is 5.32 Å². The van der Waals surface area contributed by atoms with Crippen molar-refractivity contribution >= 4 is 11.4 Å². The van der Waals surface area contributed by atoms with Gasteiger partial charge in [-0.1, -0.05) is 0 Å². The monoisotopic (exact) mass is 344 g/mol. The lowest BCUT2D eigenvalue weighted by molar-refractivity contribution is -0.384. The molecule has 2 aromatic rings. The number of aliphatic hydroxyl groups is 1. The summed E-state index contributed by atoms with van der Waals surface area (Å²) in [6, 6.07) is 1.62. The van der Waals surface area contributed by atoms with Crippen molar-refractivity contribution in [2.75, 3.05) is 11.9 Å². The maximum Gasteiger partial charge on any atom is 0.416 e. The average Bonchev–Trinajstić information content (AvgIpc) is 2.90. The number of nitro benzene ring substituents is 1. The highest BCUT2D eigenvalue weighted by Crippen LogP contribution is 2.35. The standard InChI is InChI=1S/C14H15F3N4O3/c1-20-7-9(6-18-20)4-11(8-22)19-12-3-2-10(14(15,16)17)5-13(12)21(23)24/h2-3,5-7,11,19,22H,4,8H2,1H3/t11-/m1/s1. The molecule has 0 saturated carbocycles. The van der Waals surface area contributed by atoms with Gasteiger partial charge in [0.2, 0.25) is 0 Å². The van der Waals surface area contributed by atoms with Gasteiger partial charge >= 0.3 is 6.18 Å². The summed E-state index contributed by atoms with van der Waals surface area (Å²) in [6.45, 7) is -0.354. The first-order valence-electron chi connectivity index (χ1n) is 6.91. The van der Waals surface area contributed by atoms with Gasteiger partial charge in [-0.3, -0.25) is 14.8 Å². The molecule has 1 aromatic carbocycles. The van der Waals surface area contributed by atoms with Gasteiger partial charge in [0.15, 0.2) is 0 Å². The molecule has 130 valence electrons. The quantitative estimate of drug-likeness (QED) is 0.620. The highest BCUT2D eigenvalue weighted by molar-refractivity contribution is 5.63. The van der Waals surface area contributed by atoms with Crippen LogP contribution in [0.3, 0.4) is 0 Å². The van der Waals surface area contributed by atoms with E-state index >= 15 is 0 Å². The smallest absolute Gasteiger partial charge is 0.394 e. The molecule has 0 fully saturated rings. The second-order valence-electron chi connectivity index (χ2n) is 5.24. The van der Waals surface area contributed by atoms with Crippen molar-refractivity contribution in [3.8, 4) is 0 Å². The van der Waals surface area contributed by atoms with Crippen LogP contribution in [0.2, 0.25) is 0 Å². The zero-order valence-corrected chi connectivity index (χ0v) is 12.6. The maximum atomic E-state index is 12.7. The number of hydrogen-bond acceptors (Lipinski definition) is 5. The summed E-state index contributed by atoms with van der Waals surface area (Å²) in [5.74, 6) is 0. The summed E-state index contributed by atoms with van der Waals surface area (Å²) in [5, 5.41) is 27.2. The van der Waals surface area contributed by atoms with Gasteiger partial charge in [0, 0.05) is 19.3 Å². The van der Waals surface area contributed by atoms with Gasteiger partial charge in [0.1, 0.15) is 5.69 Å². The van der Waals surface area contributed by atoms with Gasteiger partial charge in [0.05, 0.1) is 29.3 Å². The fourth-order valence-electron chi connectivity index (χ4n) is 2.22. The predicted octanol–water partition coefficient (Wildman–Crippen LogP) is 2.36. The van der Waals surface area contributed by atoms with Crippen LogP contribution in [-0.4, -0.2) is 32.5 Å². The molecule has 1 heterocycles. The molecule has 0 aliphatic rings. The zero-order chi connectivity index (χ0) is 17.9. The van der Waals surface area contributed by atoms with E-state index in [-0.39, 0.29) is 12.3 Å². The van der Waals surface area contributed by atoms with Crippen molar-refractivity contribution in [3.05, 3.63) is 51.8 Å². The minimum atomic E-state index is -4.67. The summed E-state index contributed by atoms with van der Waals surface area (Å²) in [4.78, 5) is 10.2. The van der Waals surface area contributed by atoms with Crippen LogP contribution in [0, 0.1) is 10.1 Å². The van der Waals surface area contributed by atoms with Crippen molar-refractivity contribution in [2.24, 2.45) is 7.05 Å². The average molecular weight is 344 g/mol. The van der Waals surface area contributed by atoms with E-state index in [2.05, 4.69) is 10.4 Å². The van der Waals surface area contributed by atoms with Gasteiger partial charge in [-0.25, -0.2) is 0 Å². The Balaban J connectivity index is 2.24. The van der Waals surface area contributed by atoms with Crippen LogP contribution in [0.25, 0.3) is 0 Å². The van der Waals surface area contributed by atoms with E-state index in [9.17, 15) is 28.4 Å². The van der Waals surface area contributed by atoms with E-state index in [4.69, 9.17) is 0 Å². The molecule has 2 rings (SSSR count). The minimum absolute atomic E-state index is 0.0871. The number of nitrogens with one attached hydrogen (secondary N) is 1. The Labute approximate surface area is 134 Å². The molecule has 0 bridgehead atoms. The molecule has 0 radical (unpaired) electrons. The van der Waals surface area contributed by atoms with Crippen molar-refractivity contribution in [1.29, 1.82) is 0 Å². The Kier molecular flexibility index (Phi) is 5.07. The second-order valence-corrected chi connectivity index (χ2v) is 5.24. The normalized spacial score (nSPS) is 12.9. The van der Waals surface area contributed by atoms with E-state index in [0.717, 1.165) is 17.7 Å². The third-order valence-electron chi connectivity index (χ3n) is 3.34. The van der Waals surface area contributed by atoms with E-state index in [1.807, 2.05) is 0 Å². The van der Waals surface area contributed by atoms with E-state index in [0.29, 0.717) is 12.5 Å². The molecule has 1 atom stereocenters. The molecule has 0 aliphatic heterocycles. The van der Waals surface area contributed by atoms with E-state index in [1.54, 1.807) is 24.1 Å². The minimum Gasteiger partial charge on any atom is -0.394 e. The lowest BCUT2D eigenvalue weighted by Crippen LogP contribution is -2.26. The number of aromatic nitrogens is 2. The molecule has 0 aliphatic carbocycles. The third-order valence-corrected chi connectivity index (χ3v) is 3.34. The molecule has 0 amide bonds. The fraction of sp³-hybridized carbons (Fsp3) is 0.357. The Morgan fingerprint density at radius 1 is 1.46 bits per heavy atom. The van der Waals surface area contributed by atoms with Crippen molar-refractivity contribution < 1.29 is 23.2 Å². The van der Waals surface area contributed by atoms with Gasteiger partial charge in [0.25, 0.3) is 5.69 Å². The van der Waals surface area contributed by atoms with Crippen LogP contribution >= 0.6 is 0 Å². The summed E-state index contributed by atoms with van der Waals surface area (Å²) in [5.41, 5.74) is -1.11. The number of halogens is 3. The predicted molar refractivity (Wildman–Crippen MR) is 79.5 cm³/mol.